The van der Waals surface area contributed by atoms with Gasteiger partial charge in [-0.3, -0.25) is 4.79 Å². The number of nitrogens with one attached hydrogen (secondary N) is 1. The topological polar surface area (TPSA) is 62.2 Å². The Bertz CT molecular complexity index is 510. The van der Waals surface area contributed by atoms with E-state index in [1.165, 1.54) is 12.1 Å². The lowest BCUT2D eigenvalue weighted by Crippen LogP contribution is -2.45. The van der Waals surface area contributed by atoms with Crippen LogP contribution in [0.2, 0.25) is 10.3 Å². The number of halogens is 2. The fourth-order valence-electron chi connectivity index (χ4n) is 2.71. The molecule has 2 rings (SSSR count). The summed E-state index contributed by atoms with van der Waals surface area (Å²) >= 11 is 11.6. The Morgan fingerprint density at radius 2 is 2.30 bits per heavy atom. The molecule has 1 aromatic rings. The standard InChI is InChI=1S/C14H18Cl2N2O2/c1-9-3-2-6-14(20,7-9)8-17-13(19)10-4-5-11(15)18-12(10)16/h4-5,9,20H,2-3,6-8H2,1H3,(H,17,19). The van der Waals surface area contributed by atoms with Gasteiger partial charge < -0.3 is 10.4 Å². The van der Waals surface area contributed by atoms with Gasteiger partial charge in [0.05, 0.1) is 11.2 Å². The number of carbonyl (C=O) groups excluding carboxylic acids is 1. The van der Waals surface area contributed by atoms with E-state index in [2.05, 4.69) is 17.2 Å². The Morgan fingerprint density at radius 1 is 1.55 bits per heavy atom. The molecule has 0 aromatic carbocycles. The molecule has 1 aromatic heterocycles. The number of aromatic nitrogens is 1. The van der Waals surface area contributed by atoms with Crippen LogP contribution in [0.3, 0.4) is 0 Å². The van der Waals surface area contributed by atoms with Crippen LogP contribution in [0.15, 0.2) is 12.1 Å². The fourth-order valence-corrected chi connectivity index (χ4v) is 3.15. The van der Waals surface area contributed by atoms with Crippen LogP contribution in [-0.2, 0) is 0 Å². The first-order valence-corrected chi connectivity index (χ1v) is 7.48. The molecule has 2 atom stereocenters. The first-order valence-electron chi connectivity index (χ1n) is 6.72. The van der Waals surface area contributed by atoms with Gasteiger partial charge in [-0.2, -0.15) is 0 Å². The third kappa shape index (κ3) is 3.84. The molecule has 1 fully saturated rings. The summed E-state index contributed by atoms with van der Waals surface area (Å²) in [6.07, 6.45) is 3.53. The molecule has 0 aliphatic heterocycles. The quantitative estimate of drug-likeness (QED) is 0.842. The van der Waals surface area contributed by atoms with Gasteiger partial charge in [-0.25, -0.2) is 4.98 Å². The third-order valence-electron chi connectivity index (χ3n) is 3.70. The molecule has 1 aliphatic rings. The monoisotopic (exact) mass is 316 g/mol. The number of carbonyl (C=O) groups is 1. The molecule has 1 heterocycles. The Morgan fingerprint density at radius 3 is 2.95 bits per heavy atom. The number of hydrogen-bond acceptors (Lipinski definition) is 3. The smallest absolute Gasteiger partial charge is 0.254 e. The predicted octanol–water partition coefficient (Wildman–Crippen LogP) is 3.06. The van der Waals surface area contributed by atoms with E-state index in [4.69, 9.17) is 23.2 Å². The number of hydrogen-bond donors (Lipinski definition) is 2. The second kappa shape index (κ2) is 6.29. The van der Waals surface area contributed by atoms with Gasteiger partial charge in [0.25, 0.3) is 5.91 Å². The Kier molecular flexibility index (Phi) is 4.89. The maximum atomic E-state index is 12.1. The van der Waals surface area contributed by atoms with E-state index in [0.717, 1.165) is 12.8 Å². The van der Waals surface area contributed by atoms with Crippen molar-refractivity contribution < 1.29 is 9.90 Å². The van der Waals surface area contributed by atoms with Crippen LogP contribution in [0.4, 0.5) is 0 Å². The zero-order chi connectivity index (χ0) is 14.8. The van der Waals surface area contributed by atoms with Crippen molar-refractivity contribution in [3.8, 4) is 0 Å². The van der Waals surface area contributed by atoms with Gasteiger partial charge >= 0.3 is 0 Å². The number of nitrogens with zero attached hydrogens (tertiary/aromatic N) is 1. The summed E-state index contributed by atoms with van der Waals surface area (Å²) < 4.78 is 0. The van der Waals surface area contributed by atoms with Gasteiger partial charge in [-0.1, -0.05) is 43.0 Å². The van der Waals surface area contributed by atoms with Crippen LogP contribution in [0, 0.1) is 5.92 Å². The summed E-state index contributed by atoms with van der Waals surface area (Å²) in [7, 11) is 0. The lowest BCUT2D eigenvalue weighted by molar-refractivity contribution is -0.0109. The van der Waals surface area contributed by atoms with E-state index in [1.54, 1.807) is 0 Å². The first kappa shape index (κ1) is 15.5. The van der Waals surface area contributed by atoms with Crippen molar-refractivity contribution in [3.63, 3.8) is 0 Å². The summed E-state index contributed by atoms with van der Waals surface area (Å²) in [6.45, 7) is 2.35. The molecule has 6 heteroatoms. The first-order chi connectivity index (χ1) is 9.39. The zero-order valence-corrected chi connectivity index (χ0v) is 12.8. The van der Waals surface area contributed by atoms with Crippen LogP contribution in [0.25, 0.3) is 0 Å². The summed E-state index contributed by atoms with van der Waals surface area (Å²) in [5.41, 5.74) is -0.553. The van der Waals surface area contributed by atoms with E-state index in [-0.39, 0.29) is 28.3 Å². The van der Waals surface area contributed by atoms with Crippen molar-refractivity contribution in [3.05, 3.63) is 28.0 Å². The van der Waals surface area contributed by atoms with Gasteiger partial charge in [0.2, 0.25) is 0 Å². The maximum Gasteiger partial charge on any atom is 0.254 e. The normalized spacial score (nSPS) is 26.3. The van der Waals surface area contributed by atoms with Crippen molar-refractivity contribution in [2.24, 2.45) is 5.92 Å². The van der Waals surface area contributed by atoms with Crippen molar-refractivity contribution in [2.45, 2.75) is 38.2 Å². The highest BCUT2D eigenvalue weighted by atomic mass is 35.5. The average Bonchev–Trinajstić information content (AvgIpc) is 2.36. The summed E-state index contributed by atoms with van der Waals surface area (Å²) in [6, 6.07) is 3.04. The number of aliphatic hydroxyl groups is 1. The highest BCUT2D eigenvalue weighted by Gasteiger charge is 2.33. The van der Waals surface area contributed by atoms with Gasteiger partial charge in [0.1, 0.15) is 10.3 Å². The van der Waals surface area contributed by atoms with Gasteiger partial charge in [0.15, 0.2) is 0 Å². The largest absolute Gasteiger partial charge is 0.388 e. The molecule has 1 aliphatic carbocycles. The van der Waals surface area contributed by atoms with Gasteiger partial charge in [-0.15, -0.1) is 0 Å². The summed E-state index contributed by atoms with van der Waals surface area (Å²) in [5, 5.41) is 13.5. The second-order valence-corrected chi connectivity index (χ2v) is 6.33. The van der Waals surface area contributed by atoms with Gasteiger partial charge in [-0.05, 0) is 30.9 Å². The molecule has 0 bridgehead atoms. The molecular weight excluding hydrogens is 299 g/mol. The lowest BCUT2D eigenvalue weighted by Gasteiger charge is -2.35. The van der Waals surface area contributed by atoms with E-state index in [0.29, 0.717) is 18.8 Å². The molecule has 0 radical (unpaired) electrons. The van der Waals surface area contributed by atoms with Crippen LogP contribution < -0.4 is 5.32 Å². The molecule has 20 heavy (non-hydrogen) atoms. The molecular formula is C14H18Cl2N2O2. The fraction of sp³-hybridized carbons (Fsp3) is 0.571. The number of pyridine rings is 1. The minimum absolute atomic E-state index is 0.0685. The minimum atomic E-state index is -0.820. The van der Waals surface area contributed by atoms with Crippen molar-refractivity contribution in [1.29, 1.82) is 0 Å². The SMILES string of the molecule is CC1CCCC(O)(CNC(=O)c2ccc(Cl)nc2Cl)C1. The molecule has 1 saturated carbocycles. The van der Waals surface area contributed by atoms with E-state index < -0.39 is 5.60 Å². The summed E-state index contributed by atoms with van der Waals surface area (Å²) in [5.74, 6) is 0.136. The number of amides is 1. The predicted molar refractivity (Wildman–Crippen MR) is 79.2 cm³/mol. The zero-order valence-electron chi connectivity index (χ0n) is 11.3. The number of rotatable bonds is 3. The highest BCUT2D eigenvalue weighted by Crippen LogP contribution is 2.31. The Balaban J connectivity index is 1.98. The minimum Gasteiger partial charge on any atom is -0.388 e. The van der Waals surface area contributed by atoms with Crippen LogP contribution in [0.5, 0.6) is 0 Å². The molecule has 0 spiro atoms. The van der Waals surface area contributed by atoms with E-state index in [1.807, 2.05) is 0 Å². The molecule has 1 amide bonds. The second-order valence-electron chi connectivity index (χ2n) is 5.58. The summed E-state index contributed by atoms with van der Waals surface area (Å²) in [4.78, 5) is 15.9. The highest BCUT2D eigenvalue weighted by molar-refractivity contribution is 6.34. The molecule has 0 saturated heterocycles. The van der Waals surface area contributed by atoms with E-state index >= 15 is 0 Å². The van der Waals surface area contributed by atoms with Crippen molar-refractivity contribution >= 4 is 29.1 Å². The molecule has 2 N–H and O–H groups in total. The molecule has 4 nitrogen and oxygen atoms in total. The lowest BCUT2D eigenvalue weighted by atomic mass is 9.79. The van der Waals surface area contributed by atoms with Crippen LogP contribution in [-0.4, -0.2) is 28.1 Å². The Labute approximate surface area is 128 Å². The van der Waals surface area contributed by atoms with Crippen LogP contribution in [0.1, 0.15) is 43.0 Å². The Hall–Kier alpha value is -0.840. The average molecular weight is 317 g/mol. The third-order valence-corrected chi connectivity index (χ3v) is 4.20. The van der Waals surface area contributed by atoms with Crippen LogP contribution >= 0.6 is 23.2 Å². The molecule has 110 valence electrons. The van der Waals surface area contributed by atoms with Crippen molar-refractivity contribution in [2.75, 3.05) is 6.54 Å². The van der Waals surface area contributed by atoms with Crippen molar-refractivity contribution in [1.82, 2.24) is 10.3 Å². The van der Waals surface area contributed by atoms with Gasteiger partial charge in [0, 0.05) is 6.54 Å². The maximum absolute atomic E-state index is 12.1. The van der Waals surface area contributed by atoms with E-state index in [9.17, 15) is 9.90 Å². The molecule has 2 unspecified atom stereocenters.